The van der Waals surface area contributed by atoms with Gasteiger partial charge in [0.15, 0.2) is 5.01 Å². The molecule has 1 saturated heterocycles. The quantitative estimate of drug-likeness (QED) is 0.438. The first-order valence-corrected chi connectivity index (χ1v) is 11.5. The second kappa shape index (κ2) is 9.47. The summed E-state index contributed by atoms with van der Waals surface area (Å²) in [5, 5.41) is 14.8. The summed E-state index contributed by atoms with van der Waals surface area (Å²) in [6.45, 7) is 1.77. The molecular formula is C22H19F3N6O2S. The van der Waals surface area contributed by atoms with Crippen molar-refractivity contribution in [1.29, 1.82) is 0 Å². The Labute approximate surface area is 195 Å². The zero-order valence-corrected chi connectivity index (χ0v) is 18.6. The molecule has 0 atom stereocenters. The van der Waals surface area contributed by atoms with Crippen molar-refractivity contribution in [3.8, 4) is 22.0 Å². The van der Waals surface area contributed by atoms with E-state index in [4.69, 9.17) is 4.42 Å². The van der Waals surface area contributed by atoms with Crippen LogP contribution in [0.4, 0.5) is 13.2 Å². The van der Waals surface area contributed by atoms with Gasteiger partial charge >= 0.3 is 11.3 Å². The van der Waals surface area contributed by atoms with Gasteiger partial charge in [-0.15, -0.1) is 10.2 Å². The van der Waals surface area contributed by atoms with Crippen LogP contribution in [0.2, 0.25) is 0 Å². The summed E-state index contributed by atoms with van der Waals surface area (Å²) in [4.78, 5) is 16.4. The lowest BCUT2D eigenvalue weighted by atomic mass is 9.89. The number of halogens is 3. The summed E-state index contributed by atoms with van der Waals surface area (Å²) < 4.78 is 46.7. The molecule has 1 aliphatic heterocycles. The van der Waals surface area contributed by atoms with Gasteiger partial charge in [0, 0.05) is 11.8 Å². The third-order valence-corrected chi connectivity index (χ3v) is 6.54. The highest BCUT2D eigenvalue weighted by molar-refractivity contribution is 7.12. The highest BCUT2D eigenvalue weighted by atomic mass is 32.1. The van der Waals surface area contributed by atoms with Crippen LogP contribution < -0.4 is 10.2 Å². The second-order valence-electron chi connectivity index (χ2n) is 7.85. The lowest BCUT2D eigenvalue weighted by Crippen LogP contribution is -2.27. The van der Waals surface area contributed by atoms with Gasteiger partial charge in [-0.3, -0.25) is 9.78 Å². The Balaban J connectivity index is 1.36. The predicted octanol–water partition coefficient (Wildman–Crippen LogP) is 4.01. The Hall–Kier alpha value is -3.38. The zero-order valence-electron chi connectivity index (χ0n) is 17.7. The smallest absolute Gasteiger partial charge is 0.325 e. The van der Waals surface area contributed by atoms with Crippen LogP contribution in [0.5, 0.6) is 0 Å². The molecule has 0 aliphatic carbocycles. The number of nitrogens with one attached hydrogen (secondary N) is 1. The Morgan fingerprint density at radius 2 is 2.00 bits per heavy atom. The Kier molecular flexibility index (Phi) is 6.24. The Morgan fingerprint density at radius 3 is 2.71 bits per heavy atom. The molecular weight excluding hydrogens is 469 g/mol. The van der Waals surface area contributed by atoms with Crippen molar-refractivity contribution >= 4 is 11.3 Å². The van der Waals surface area contributed by atoms with E-state index in [2.05, 4.69) is 25.6 Å². The summed E-state index contributed by atoms with van der Waals surface area (Å²) in [5.41, 5.74) is 1.83. The topological polar surface area (TPSA) is 98.7 Å². The van der Waals surface area contributed by atoms with Crippen LogP contribution in [0, 0.1) is 5.82 Å². The van der Waals surface area contributed by atoms with Crippen molar-refractivity contribution in [2.24, 2.45) is 0 Å². The molecule has 12 heteroatoms. The lowest BCUT2D eigenvalue weighted by Gasteiger charge is -2.23. The van der Waals surface area contributed by atoms with E-state index in [0.29, 0.717) is 27.4 Å². The number of rotatable bonds is 6. The second-order valence-corrected chi connectivity index (χ2v) is 8.79. The van der Waals surface area contributed by atoms with Crippen LogP contribution in [-0.2, 0) is 6.54 Å². The minimum Gasteiger partial charge on any atom is -0.415 e. The maximum atomic E-state index is 15.3. The van der Waals surface area contributed by atoms with Gasteiger partial charge in [-0.1, -0.05) is 23.5 Å². The average Bonchev–Trinajstić information content (AvgIpc) is 3.48. The molecule has 1 fully saturated rings. The first-order valence-electron chi connectivity index (χ1n) is 10.6. The van der Waals surface area contributed by atoms with Crippen molar-refractivity contribution < 1.29 is 17.6 Å². The third kappa shape index (κ3) is 4.50. The molecule has 3 aromatic heterocycles. The SMILES string of the molecule is O=c1sc(-c2cccc(C3CCNCC3)c2F)nn1Cc1ccc(-c2nnc(C(F)F)o2)cn1. The predicted molar refractivity (Wildman–Crippen MR) is 118 cm³/mol. The molecule has 176 valence electrons. The fourth-order valence-electron chi connectivity index (χ4n) is 3.92. The molecule has 5 rings (SSSR count). The van der Waals surface area contributed by atoms with E-state index in [9.17, 15) is 13.6 Å². The molecule has 0 saturated carbocycles. The number of pyridine rings is 1. The standard InChI is InChI=1S/C22H19F3N6O2S/c23-17-15(12-6-8-26-9-7-12)2-1-3-16(17)21-30-31(22(32)34-21)11-14-5-4-13(10-27-14)19-28-29-20(33-19)18(24)25/h1-5,10,12,18,26H,6-9,11H2. The molecule has 4 aromatic rings. The maximum Gasteiger partial charge on any atom is 0.325 e. The van der Waals surface area contributed by atoms with E-state index >= 15 is 4.39 Å². The van der Waals surface area contributed by atoms with Gasteiger partial charge in [0.25, 0.3) is 5.89 Å². The fourth-order valence-corrected chi connectivity index (χ4v) is 4.70. The highest BCUT2D eigenvalue weighted by Gasteiger charge is 2.22. The first-order chi connectivity index (χ1) is 16.5. The summed E-state index contributed by atoms with van der Waals surface area (Å²) in [6, 6.07) is 8.40. The number of alkyl halides is 2. The molecule has 1 aliphatic rings. The summed E-state index contributed by atoms with van der Waals surface area (Å²) in [5.74, 6) is -1.04. The van der Waals surface area contributed by atoms with E-state index < -0.39 is 12.3 Å². The molecule has 1 N–H and O–H groups in total. The molecule has 0 spiro atoms. The largest absolute Gasteiger partial charge is 0.415 e. The number of benzene rings is 1. The summed E-state index contributed by atoms with van der Waals surface area (Å²) in [6.07, 6.45) is 0.252. The summed E-state index contributed by atoms with van der Waals surface area (Å²) in [7, 11) is 0. The van der Waals surface area contributed by atoms with Crippen LogP contribution in [-0.4, -0.2) is 38.1 Å². The van der Waals surface area contributed by atoms with Crippen LogP contribution in [0.1, 0.15) is 42.3 Å². The molecule has 34 heavy (non-hydrogen) atoms. The summed E-state index contributed by atoms with van der Waals surface area (Å²) >= 11 is 0.874. The van der Waals surface area contributed by atoms with Gasteiger partial charge < -0.3 is 9.73 Å². The van der Waals surface area contributed by atoms with Crippen LogP contribution in [0.3, 0.4) is 0 Å². The van der Waals surface area contributed by atoms with Crippen LogP contribution in [0.25, 0.3) is 22.0 Å². The molecule has 4 heterocycles. The van der Waals surface area contributed by atoms with E-state index in [1.807, 2.05) is 0 Å². The molecule has 0 amide bonds. The number of hydrogen-bond acceptors (Lipinski definition) is 8. The monoisotopic (exact) mass is 488 g/mol. The van der Waals surface area contributed by atoms with Gasteiger partial charge in [0.1, 0.15) is 5.82 Å². The van der Waals surface area contributed by atoms with Gasteiger partial charge in [-0.25, -0.2) is 9.07 Å². The number of aromatic nitrogens is 5. The molecule has 1 aromatic carbocycles. The lowest BCUT2D eigenvalue weighted by molar-refractivity contribution is 0.116. The van der Waals surface area contributed by atoms with E-state index in [0.717, 1.165) is 37.3 Å². The maximum absolute atomic E-state index is 15.3. The van der Waals surface area contributed by atoms with E-state index in [-0.39, 0.29) is 29.0 Å². The number of hydrogen-bond donors (Lipinski definition) is 1. The van der Waals surface area contributed by atoms with Crippen LogP contribution >= 0.6 is 11.3 Å². The molecule has 0 unspecified atom stereocenters. The van der Waals surface area contributed by atoms with Gasteiger partial charge in [0.05, 0.1) is 17.8 Å². The van der Waals surface area contributed by atoms with Crippen LogP contribution in [0.15, 0.2) is 45.7 Å². The van der Waals surface area contributed by atoms with Crippen molar-refractivity contribution in [2.75, 3.05) is 13.1 Å². The van der Waals surface area contributed by atoms with Crippen molar-refractivity contribution in [1.82, 2.24) is 30.3 Å². The van der Waals surface area contributed by atoms with Gasteiger partial charge in [-0.2, -0.15) is 13.9 Å². The van der Waals surface area contributed by atoms with Crippen molar-refractivity contribution in [3.63, 3.8) is 0 Å². The Bertz CT molecular complexity index is 1350. The van der Waals surface area contributed by atoms with E-state index in [1.54, 1.807) is 30.3 Å². The molecule has 0 radical (unpaired) electrons. The average molecular weight is 488 g/mol. The van der Waals surface area contributed by atoms with Gasteiger partial charge in [0.2, 0.25) is 5.89 Å². The number of piperidine rings is 1. The minimum atomic E-state index is -2.86. The molecule has 8 nitrogen and oxygen atoms in total. The fraction of sp³-hybridized carbons (Fsp3) is 0.318. The minimum absolute atomic E-state index is 0.0668. The first kappa shape index (κ1) is 22.4. The normalized spacial score (nSPS) is 14.7. The third-order valence-electron chi connectivity index (χ3n) is 5.66. The van der Waals surface area contributed by atoms with Crippen molar-refractivity contribution in [2.45, 2.75) is 31.7 Å². The highest BCUT2D eigenvalue weighted by Crippen LogP contribution is 2.33. The van der Waals surface area contributed by atoms with E-state index in [1.165, 1.54) is 10.9 Å². The van der Waals surface area contributed by atoms with Crippen molar-refractivity contribution in [3.05, 3.63) is 69.2 Å². The van der Waals surface area contributed by atoms with Gasteiger partial charge in [-0.05, 0) is 55.6 Å². The number of nitrogens with zero attached hydrogens (tertiary/aromatic N) is 5. The molecule has 0 bridgehead atoms. The zero-order chi connectivity index (χ0) is 23.7. The Morgan fingerprint density at radius 1 is 1.18 bits per heavy atom.